The highest BCUT2D eigenvalue weighted by molar-refractivity contribution is 7.92. The third kappa shape index (κ3) is 5.11. The minimum atomic E-state index is -3.76. The molecule has 0 fully saturated rings. The van der Waals surface area contributed by atoms with E-state index in [-0.39, 0.29) is 17.1 Å². The normalized spacial score (nSPS) is 12.3. The Morgan fingerprint density at radius 1 is 1.26 bits per heavy atom. The molecule has 2 rings (SSSR count). The summed E-state index contributed by atoms with van der Waals surface area (Å²) < 4.78 is 44.2. The smallest absolute Gasteiger partial charge is 0.248 e. The van der Waals surface area contributed by atoms with Crippen molar-refractivity contribution in [2.24, 2.45) is 0 Å². The van der Waals surface area contributed by atoms with Crippen LogP contribution in [0.1, 0.15) is 13.3 Å². The van der Waals surface area contributed by atoms with E-state index in [9.17, 15) is 17.6 Å². The van der Waals surface area contributed by atoms with Crippen LogP contribution in [0.3, 0.4) is 0 Å². The second-order valence-corrected chi connectivity index (χ2v) is 8.07. The maximum atomic E-state index is 13.3. The Kier molecular flexibility index (Phi) is 6.67. The van der Waals surface area contributed by atoms with Gasteiger partial charge in [0, 0.05) is 5.69 Å². The van der Waals surface area contributed by atoms with Crippen LogP contribution in [-0.2, 0) is 14.8 Å². The highest BCUT2D eigenvalue weighted by atomic mass is 35.5. The monoisotopic (exact) mass is 414 g/mol. The highest BCUT2D eigenvalue weighted by Gasteiger charge is 2.31. The second kappa shape index (κ2) is 8.58. The number of nitrogens with one attached hydrogen (secondary N) is 1. The molecule has 0 aliphatic carbocycles. The van der Waals surface area contributed by atoms with E-state index < -0.39 is 27.8 Å². The molecule has 1 atom stereocenters. The molecule has 0 spiro atoms. The van der Waals surface area contributed by atoms with Gasteiger partial charge in [0.05, 0.1) is 24.1 Å². The number of methoxy groups -OCH3 is 1. The quantitative estimate of drug-likeness (QED) is 0.750. The average Bonchev–Trinajstić information content (AvgIpc) is 2.61. The Labute approximate surface area is 162 Å². The molecule has 0 saturated carbocycles. The van der Waals surface area contributed by atoms with Crippen molar-refractivity contribution in [2.45, 2.75) is 19.4 Å². The van der Waals surface area contributed by atoms with Crippen LogP contribution in [0.4, 0.5) is 15.8 Å². The molecular formula is C18H20ClFN2O4S. The zero-order chi connectivity index (χ0) is 20.2. The molecule has 1 unspecified atom stereocenters. The van der Waals surface area contributed by atoms with Crippen LogP contribution in [0.2, 0.25) is 5.02 Å². The zero-order valence-corrected chi connectivity index (χ0v) is 16.6. The summed E-state index contributed by atoms with van der Waals surface area (Å²) >= 11 is 5.73. The van der Waals surface area contributed by atoms with E-state index in [2.05, 4.69) is 5.32 Å². The summed E-state index contributed by atoms with van der Waals surface area (Å²) in [7, 11) is -2.26. The number of amides is 1. The van der Waals surface area contributed by atoms with Gasteiger partial charge in [-0.25, -0.2) is 12.8 Å². The molecule has 0 saturated heterocycles. The number of benzene rings is 2. The van der Waals surface area contributed by atoms with Gasteiger partial charge in [0.25, 0.3) is 0 Å². The lowest BCUT2D eigenvalue weighted by Gasteiger charge is -2.30. The molecule has 0 radical (unpaired) electrons. The van der Waals surface area contributed by atoms with Gasteiger partial charge in [-0.2, -0.15) is 0 Å². The SMILES string of the molecule is CCC(C(=O)Nc1ccc(F)c(Cl)c1)N(c1ccc(OC)cc1)S(C)(=O)=O. The Hall–Kier alpha value is -2.32. The summed E-state index contributed by atoms with van der Waals surface area (Å²) in [5.74, 6) is -0.607. The predicted octanol–water partition coefficient (Wildman–Crippen LogP) is 3.67. The van der Waals surface area contributed by atoms with Crippen LogP contribution in [0, 0.1) is 5.82 Å². The molecule has 9 heteroatoms. The van der Waals surface area contributed by atoms with Gasteiger partial charge in [-0.1, -0.05) is 18.5 Å². The van der Waals surface area contributed by atoms with Gasteiger partial charge >= 0.3 is 0 Å². The first-order valence-corrected chi connectivity index (χ1v) is 10.3. The van der Waals surface area contributed by atoms with E-state index in [0.717, 1.165) is 16.6 Å². The zero-order valence-electron chi connectivity index (χ0n) is 15.1. The maximum Gasteiger partial charge on any atom is 0.248 e. The van der Waals surface area contributed by atoms with E-state index in [1.54, 1.807) is 31.2 Å². The topological polar surface area (TPSA) is 75.7 Å². The molecule has 0 aliphatic rings. The number of ether oxygens (including phenoxy) is 1. The largest absolute Gasteiger partial charge is 0.497 e. The van der Waals surface area contributed by atoms with Gasteiger partial charge in [-0.3, -0.25) is 9.10 Å². The maximum absolute atomic E-state index is 13.3. The number of rotatable bonds is 7. The minimum absolute atomic E-state index is 0.143. The number of halogens is 2. The molecule has 1 N–H and O–H groups in total. The molecule has 2 aromatic carbocycles. The van der Waals surface area contributed by atoms with Crippen molar-refractivity contribution in [3.8, 4) is 5.75 Å². The van der Waals surface area contributed by atoms with E-state index in [1.165, 1.54) is 19.2 Å². The van der Waals surface area contributed by atoms with Crippen LogP contribution >= 0.6 is 11.6 Å². The Bertz CT molecular complexity index is 919. The first-order valence-electron chi connectivity index (χ1n) is 8.06. The molecule has 0 aromatic heterocycles. The molecule has 0 heterocycles. The van der Waals surface area contributed by atoms with Crippen molar-refractivity contribution in [1.82, 2.24) is 0 Å². The summed E-state index contributed by atoms with van der Waals surface area (Å²) in [6, 6.07) is 9.07. The molecule has 0 bridgehead atoms. The van der Waals surface area contributed by atoms with Gasteiger partial charge in [-0.15, -0.1) is 0 Å². The summed E-state index contributed by atoms with van der Waals surface area (Å²) in [6.07, 6.45) is 1.25. The predicted molar refractivity (Wildman–Crippen MR) is 104 cm³/mol. The molecule has 1 amide bonds. The van der Waals surface area contributed by atoms with Gasteiger partial charge in [0.15, 0.2) is 0 Å². The lowest BCUT2D eigenvalue weighted by molar-refractivity contribution is -0.117. The first kappa shape index (κ1) is 21.0. The molecule has 146 valence electrons. The van der Waals surface area contributed by atoms with Crippen LogP contribution < -0.4 is 14.4 Å². The van der Waals surface area contributed by atoms with E-state index in [0.29, 0.717) is 11.4 Å². The van der Waals surface area contributed by atoms with E-state index >= 15 is 0 Å². The van der Waals surface area contributed by atoms with Crippen LogP contribution in [0.15, 0.2) is 42.5 Å². The summed E-state index contributed by atoms with van der Waals surface area (Å²) in [6.45, 7) is 1.70. The average molecular weight is 415 g/mol. The van der Waals surface area contributed by atoms with Crippen molar-refractivity contribution in [3.05, 3.63) is 53.3 Å². The standard InChI is InChI=1S/C18H20ClFN2O4S/c1-4-17(18(23)21-12-5-10-16(20)15(19)11-12)22(27(3,24)25)13-6-8-14(26-2)9-7-13/h5-11,17H,4H2,1-3H3,(H,21,23). The fourth-order valence-electron chi connectivity index (χ4n) is 2.59. The summed E-state index contributed by atoms with van der Waals surface area (Å²) in [5.41, 5.74) is 0.602. The molecule has 6 nitrogen and oxygen atoms in total. The number of sulfonamides is 1. The van der Waals surface area contributed by atoms with Crippen molar-refractivity contribution in [3.63, 3.8) is 0 Å². The third-order valence-corrected chi connectivity index (χ3v) is 5.31. The number of hydrogen-bond acceptors (Lipinski definition) is 4. The number of carbonyl (C=O) groups excluding carboxylic acids is 1. The minimum Gasteiger partial charge on any atom is -0.497 e. The van der Waals surface area contributed by atoms with Gasteiger partial charge in [-0.05, 0) is 48.9 Å². The summed E-state index contributed by atoms with van der Waals surface area (Å²) in [4.78, 5) is 12.7. The van der Waals surface area contributed by atoms with Crippen molar-refractivity contribution in [1.29, 1.82) is 0 Å². The van der Waals surface area contributed by atoms with E-state index in [4.69, 9.17) is 16.3 Å². The summed E-state index contributed by atoms with van der Waals surface area (Å²) in [5, 5.41) is 2.44. The molecule has 0 aliphatic heterocycles. The van der Waals surface area contributed by atoms with Crippen molar-refractivity contribution >= 4 is 38.9 Å². The Morgan fingerprint density at radius 2 is 1.89 bits per heavy atom. The Morgan fingerprint density at radius 3 is 2.37 bits per heavy atom. The van der Waals surface area contributed by atoms with Crippen LogP contribution in [0.5, 0.6) is 5.75 Å². The lowest BCUT2D eigenvalue weighted by Crippen LogP contribution is -2.47. The number of anilines is 2. The first-order chi connectivity index (χ1) is 12.7. The number of hydrogen-bond donors (Lipinski definition) is 1. The van der Waals surface area contributed by atoms with Gasteiger partial charge in [0.2, 0.25) is 15.9 Å². The van der Waals surface area contributed by atoms with Crippen LogP contribution in [-0.4, -0.2) is 33.7 Å². The fraction of sp³-hybridized carbons (Fsp3) is 0.278. The van der Waals surface area contributed by atoms with Crippen molar-refractivity contribution < 1.29 is 22.3 Å². The second-order valence-electron chi connectivity index (χ2n) is 5.80. The fourth-order valence-corrected chi connectivity index (χ4v) is 3.98. The molecular weight excluding hydrogens is 395 g/mol. The van der Waals surface area contributed by atoms with E-state index in [1.807, 2.05) is 0 Å². The third-order valence-electron chi connectivity index (χ3n) is 3.84. The molecule has 27 heavy (non-hydrogen) atoms. The number of nitrogens with zero attached hydrogens (tertiary/aromatic N) is 1. The van der Waals surface area contributed by atoms with Gasteiger partial charge in [0.1, 0.15) is 17.6 Å². The Balaban J connectivity index is 2.35. The number of carbonyl (C=O) groups is 1. The highest BCUT2D eigenvalue weighted by Crippen LogP contribution is 2.26. The van der Waals surface area contributed by atoms with Crippen LogP contribution in [0.25, 0.3) is 0 Å². The molecule has 2 aromatic rings. The van der Waals surface area contributed by atoms with Crippen molar-refractivity contribution in [2.75, 3.05) is 23.0 Å². The lowest BCUT2D eigenvalue weighted by atomic mass is 10.1. The van der Waals surface area contributed by atoms with Gasteiger partial charge < -0.3 is 10.1 Å².